The topological polar surface area (TPSA) is 43.4 Å². The van der Waals surface area contributed by atoms with Gasteiger partial charge in [0, 0.05) is 22.3 Å². The van der Waals surface area contributed by atoms with Crippen molar-refractivity contribution in [3.63, 3.8) is 0 Å². The van der Waals surface area contributed by atoms with Crippen LogP contribution in [0.4, 0.5) is 0 Å². The molecule has 0 radical (unpaired) electrons. The maximum atomic E-state index is 12.3. The van der Waals surface area contributed by atoms with Crippen LogP contribution in [0.5, 0.6) is 0 Å². The molecule has 1 aliphatic rings. The first kappa shape index (κ1) is 15.2. The van der Waals surface area contributed by atoms with Crippen molar-refractivity contribution in [2.45, 2.75) is 32.1 Å². The largest absolute Gasteiger partial charge is 0.469 e. The third kappa shape index (κ3) is 3.69. The lowest BCUT2D eigenvalue weighted by Crippen LogP contribution is -2.23. The van der Waals surface area contributed by atoms with Gasteiger partial charge in [-0.15, -0.1) is 0 Å². The van der Waals surface area contributed by atoms with Gasteiger partial charge in [0.2, 0.25) is 0 Å². The third-order valence-corrected chi connectivity index (χ3v) is 5.57. The summed E-state index contributed by atoms with van der Waals surface area (Å²) >= 11 is 0. The molecule has 0 saturated carbocycles. The van der Waals surface area contributed by atoms with E-state index >= 15 is 0 Å². The molecule has 0 spiro atoms. The molecule has 0 aliphatic heterocycles. The van der Waals surface area contributed by atoms with E-state index in [-0.39, 0.29) is 11.9 Å². The van der Waals surface area contributed by atoms with Crippen LogP contribution in [0, 0.1) is 5.92 Å². The maximum absolute atomic E-state index is 12.3. The molecule has 1 aromatic rings. The second-order valence-electron chi connectivity index (χ2n) is 5.49. The van der Waals surface area contributed by atoms with Crippen LogP contribution >= 0.6 is 0 Å². The molecule has 1 aromatic carbocycles. The Labute approximate surface area is 123 Å². The van der Waals surface area contributed by atoms with Crippen LogP contribution in [0.1, 0.15) is 36.8 Å². The number of esters is 1. The van der Waals surface area contributed by atoms with Gasteiger partial charge >= 0.3 is 5.97 Å². The third-order valence-electron chi connectivity index (χ3n) is 3.92. The van der Waals surface area contributed by atoms with E-state index < -0.39 is 10.8 Å². The summed E-state index contributed by atoms with van der Waals surface area (Å²) in [6, 6.07) is 8.44. The molecule has 0 bridgehead atoms. The van der Waals surface area contributed by atoms with Gasteiger partial charge in [0.1, 0.15) is 0 Å². The molecule has 3 unspecified atom stereocenters. The molecule has 0 aromatic heterocycles. The van der Waals surface area contributed by atoms with Crippen molar-refractivity contribution in [1.82, 2.24) is 0 Å². The fraction of sp³-hybridized carbons (Fsp3) is 0.562. The Bertz CT molecular complexity index is 498. The summed E-state index contributed by atoms with van der Waals surface area (Å²) in [4.78, 5) is 11.4. The van der Waals surface area contributed by atoms with Crippen molar-refractivity contribution in [3.8, 4) is 0 Å². The van der Waals surface area contributed by atoms with Gasteiger partial charge in [-0.1, -0.05) is 31.2 Å². The normalized spacial score (nSPS) is 20.8. The van der Waals surface area contributed by atoms with Crippen LogP contribution in [0.25, 0.3) is 0 Å². The summed E-state index contributed by atoms with van der Waals surface area (Å²) in [5.41, 5.74) is 2.74. The number of carbonyl (C=O) groups excluding carboxylic acids is 1. The van der Waals surface area contributed by atoms with Crippen LogP contribution < -0.4 is 0 Å². The summed E-state index contributed by atoms with van der Waals surface area (Å²) in [6.45, 7) is 1.78. The fourth-order valence-corrected chi connectivity index (χ4v) is 4.49. The summed E-state index contributed by atoms with van der Waals surface area (Å²) in [5.74, 6) is 0.844. The van der Waals surface area contributed by atoms with Crippen LogP contribution in [-0.4, -0.2) is 28.8 Å². The van der Waals surface area contributed by atoms with E-state index in [1.807, 2.05) is 0 Å². The number of aryl methyl sites for hydroxylation is 1. The Balaban J connectivity index is 1.97. The Morgan fingerprint density at radius 3 is 2.95 bits per heavy atom. The average Bonchev–Trinajstić information content (AvgIpc) is 2.46. The summed E-state index contributed by atoms with van der Waals surface area (Å²) in [5, 5.41) is 0. The predicted molar refractivity (Wildman–Crippen MR) is 81.2 cm³/mol. The first-order chi connectivity index (χ1) is 9.61. The van der Waals surface area contributed by atoms with Crippen LogP contribution in [0.15, 0.2) is 24.3 Å². The minimum absolute atomic E-state index is 0.276. The number of carbonyl (C=O) groups is 1. The number of methoxy groups -OCH3 is 1. The highest BCUT2D eigenvalue weighted by Gasteiger charge is 2.24. The second kappa shape index (κ2) is 7.02. The molecule has 2 rings (SSSR count). The minimum Gasteiger partial charge on any atom is -0.469 e. The van der Waals surface area contributed by atoms with Crippen molar-refractivity contribution in [3.05, 3.63) is 35.4 Å². The zero-order chi connectivity index (χ0) is 14.5. The van der Waals surface area contributed by atoms with Gasteiger partial charge in [0.05, 0.1) is 13.0 Å². The average molecular weight is 294 g/mol. The molecule has 0 N–H and O–H groups in total. The van der Waals surface area contributed by atoms with Crippen molar-refractivity contribution in [2.75, 3.05) is 18.6 Å². The zero-order valence-electron chi connectivity index (χ0n) is 12.1. The number of fused-ring (bicyclic) bond motifs is 1. The Morgan fingerprint density at radius 1 is 1.45 bits per heavy atom. The Morgan fingerprint density at radius 2 is 2.20 bits per heavy atom. The molecular weight excluding hydrogens is 272 g/mol. The highest BCUT2D eigenvalue weighted by Crippen LogP contribution is 2.32. The predicted octanol–water partition coefficient (Wildman–Crippen LogP) is 2.66. The van der Waals surface area contributed by atoms with Crippen LogP contribution in [-0.2, 0) is 26.8 Å². The van der Waals surface area contributed by atoms with E-state index in [2.05, 4.69) is 29.0 Å². The van der Waals surface area contributed by atoms with E-state index in [0.29, 0.717) is 17.4 Å². The SMILES string of the molecule is COC(=O)C(C)CS(=O)CC1CCCc2ccccc21. The number of hydrogen-bond acceptors (Lipinski definition) is 3. The smallest absolute Gasteiger partial charge is 0.309 e. The van der Waals surface area contributed by atoms with Gasteiger partial charge in [-0.05, 0) is 36.3 Å². The molecule has 20 heavy (non-hydrogen) atoms. The van der Waals surface area contributed by atoms with Gasteiger partial charge in [-0.2, -0.15) is 0 Å². The van der Waals surface area contributed by atoms with E-state index in [1.54, 1.807) is 6.92 Å². The van der Waals surface area contributed by atoms with Gasteiger partial charge in [-0.3, -0.25) is 9.00 Å². The fourth-order valence-electron chi connectivity index (χ4n) is 2.87. The lowest BCUT2D eigenvalue weighted by Gasteiger charge is -2.25. The number of hydrogen-bond donors (Lipinski definition) is 0. The van der Waals surface area contributed by atoms with Gasteiger partial charge in [0.15, 0.2) is 0 Å². The molecule has 0 fully saturated rings. The van der Waals surface area contributed by atoms with E-state index in [4.69, 9.17) is 0 Å². The highest BCUT2D eigenvalue weighted by molar-refractivity contribution is 7.85. The molecule has 0 heterocycles. The summed E-state index contributed by atoms with van der Waals surface area (Å²) in [6.07, 6.45) is 3.37. The monoisotopic (exact) mass is 294 g/mol. The number of ether oxygens (including phenoxy) is 1. The van der Waals surface area contributed by atoms with Crippen LogP contribution in [0.2, 0.25) is 0 Å². The number of rotatable bonds is 5. The maximum Gasteiger partial charge on any atom is 0.309 e. The standard InChI is InChI=1S/C16H22O3S/c1-12(16(17)19-2)10-20(18)11-14-8-5-7-13-6-3-4-9-15(13)14/h3-4,6,9,12,14H,5,7-8,10-11H2,1-2H3. The molecule has 110 valence electrons. The summed E-state index contributed by atoms with van der Waals surface area (Å²) < 4.78 is 16.9. The van der Waals surface area contributed by atoms with E-state index in [1.165, 1.54) is 18.2 Å². The number of benzene rings is 1. The van der Waals surface area contributed by atoms with E-state index in [0.717, 1.165) is 19.3 Å². The van der Waals surface area contributed by atoms with Crippen molar-refractivity contribution < 1.29 is 13.7 Å². The highest BCUT2D eigenvalue weighted by atomic mass is 32.2. The minimum atomic E-state index is -0.978. The molecule has 3 nitrogen and oxygen atoms in total. The van der Waals surface area contributed by atoms with Gasteiger partial charge < -0.3 is 4.74 Å². The summed E-state index contributed by atoms with van der Waals surface area (Å²) in [7, 11) is 0.396. The van der Waals surface area contributed by atoms with Gasteiger partial charge in [0.25, 0.3) is 0 Å². The van der Waals surface area contributed by atoms with Crippen LogP contribution in [0.3, 0.4) is 0 Å². The van der Waals surface area contributed by atoms with Gasteiger partial charge in [-0.25, -0.2) is 0 Å². The van der Waals surface area contributed by atoms with Crippen molar-refractivity contribution >= 4 is 16.8 Å². The zero-order valence-corrected chi connectivity index (χ0v) is 12.9. The molecule has 1 aliphatic carbocycles. The lowest BCUT2D eigenvalue weighted by atomic mass is 9.84. The van der Waals surface area contributed by atoms with E-state index in [9.17, 15) is 9.00 Å². The molecular formula is C16H22O3S. The molecule has 0 saturated heterocycles. The first-order valence-electron chi connectivity index (χ1n) is 7.12. The second-order valence-corrected chi connectivity index (χ2v) is 7.03. The lowest BCUT2D eigenvalue weighted by molar-refractivity contribution is -0.144. The van der Waals surface area contributed by atoms with Crippen molar-refractivity contribution in [2.24, 2.45) is 5.92 Å². The first-order valence-corrected chi connectivity index (χ1v) is 8.61. The quantitative estimate of drug-likeness (QED) is 0.784. The molecule has 3 atom stereocenters. The Kier molecular flexibility index (Phi) is 5.35. The molecule has 4 heteroatoms. The molecule has 0 amide bonds. The van der Waals surface area contributed by atoms with Crippen molar-refractivity contribution in [1.29, 1.82) is 0 Å². The Hall–Kier alpha value is -1.16.